The monoisotopic (exact) mass is 325 g/mol. The number of rotatable bonds is 5. The topological polar surface area (TPSA) is 78.5 Å². The molecule has 0 aliphatic rings. The smallest absolute Gasteiger partial charge is 0.324 e. The lowest BCUT2D eigenvalue weighted by atomic mass is 10.1. The number of nitrogens with zero attached hydrogens (tertiary/aromatic N) is 1. The molecular formula is C11H14F3N3O3S. The number of halogens is 3. The van der Waals surface area contributed by atoms with Gasteiger partial charge in [0, 0.05) is 14.1 Å². The van der Waals surface area contributed by atoms with Gasteiger partial charge in [-0.05, 0) is 12.1 Å². The van der Waals surface area contributed by atoms with Gasteiger partial charge in [-0.25, -0.2) is 0 Å². The number of carbonyl (C=O) groups excluding carboxylic acids is 1. The molecule has 0 heterocycles. The van der Waals surface area contributed by atoms with Crippen LogP contribution in [0.2, 0.25) is 0 Å². The van der Waals surface area contributed by atoms with Gasteiger partial charge in [-0.3, -0.25) is 4.79 Å². The van der Waals surface area contributed by atoms with E-state index in [9.17, 15) is 26.4 Å². The molecule has 0 spiro atoms. The molecule has 0 aliphatic carbocycles. The van der Waals surface area contributed by atoms with Crippen molar-refractivity contribution < 1.29 is 26.4 Å². The van der Waals surface area contributed by atoms with E-state index < -0.39 is 40.1 Å². The Hall–Kier alpha value is -1.65. The highest BCUT2D eigenvalue weighted by atomic mass is 32.2. The minimum absolute atomic E-state index is 0.431. The van der Waals surface area contributed by atoms with Crippen LogP contribution in [-0.4, -0.2) is 39.3 Å². The van der Waals surface area contributed by atoms with E-state index in [0.717, 1.165) is 16.4 Å². The average Bonchev–Trinajstić information content (AvgIpc) is 2.35. The summed E-state index contributed by atoms with van der Waals surface area (Å²) in [7, 11) is -1.33. The van der Waals surface area contributed by atoms with Crippen LogP contribution in [0.4, 0.5) is 18.9 Å². The number of alkyl halides is 3. The number of hydrogen-bond acceptors (Lipinski definition) is 3. The van der Waals surface area contributed by atoms with Gasteiger partial charge >= 0.3 is 6.18 Å². The molecule has 1 amide bonds. The quantitative estimate of drug-likeness (QED) is 0.849. The molecule has 1 rings (SSSR count). The molecule has 0 fully saturated rings. The highest BCUT2D eigenvalue weighted by molar-refractivity contribution is 7.87. The third-order valence-electron chi connectivity index (χ3n) is 2.40. The summed E-state index contributed by atoms with van der Waals surface area (Å²) >= 11 is 0. The van der Waals surface area contributed by atoms with Crippen LogP contribution in [0.3, 0.4) is 0 Å². The maximum Gasteiger partial charge on any atom is 0.418 e. The summed E-state index contributed by atoms with van der Waals surface area (Å²) in [6.45, 7) is -0.674. The van der Waals surface area contributed by atoms with Crippen LogP contribution < -0.4 is 10.0 Å². The van der Waals surface area contributed by atoms with Gasteiger partial charge in [0.05, 0.1) is 17.8 Å². The van der Waals surface area contributed by atoms with Crippen LogP contribution in [0.5, 0.6) is 0 Å². The third-order valence-corrected chi connectivity index (χ3v) is 3.87. The predicted molar refractivity (Wildman–Crippen MR) is 70.7 cm³/mol. The molecule has 0 saturated heterocycles. The predicted octanol–water partition coefficient (Wildman–Crippen LogP) is 1.04. The van der Waals surface area contributed by atoms with Gasteiger partial charge in [-0.15, -0.1) is 0 Å². The zero-order valence-electron chi connectivity index (χ0n) is 11.2. The average molecular weight is 325 g/mol. The molecule has 2 N–H and O–H groups in total. The summed E-state index contributed by atoms with van der Waals surface area (Å²) in [5, 5.41) is 2.02. The lowest BCUT2D eigenvalue weighted by Crippen LogP contribution is -2.40. The second-order valence-corrected chi connectivity index (χ2v) is 6.17. The van der Waals surface area contributed by atoms with Crippen molar-refractivity contribution in [3.63, 3.8) is 0 Å². The first-order valence-corrected chi connectivity index (χ1v) is 7.11. The standard InChI is InChI=1S/C11H14F3N3O3S/c1-17(2)21(19,20)15-7-10(18)16-9-6-4-3-5-8(9)11(12,13)14/h3-6,15H,7H2,1-2H3,(H,16,18). The van der Waals surface area contributed by atoms with E-state index in [1.54, 1.807) is 0 Å². The summed E-state index contributed by atoms with van der Waals surface area (Å²) in [6.07, 6.45) is -4.62. The first-order chi connectivity index (χ1) is 9.54. The maximum absolute atomic E-state index is 12.7. The molecule has 21 heavy (non-hydrogen) atoms. The van der Waals surface area contributed by atoms with E-state index >= 15 is 0 Å². The van der Waals surface area contributed by atoms with Crippen LogP contribution >= 0.6 is 0 Å². The lowest BCUT2D eigenvalue weighted by molar-refractivity contribution is -0.137. The first kappa shape index (κ1) is 17.4. The summed E-state index contributed by atoms with van der Waals surface area (Å²) in [5.74, 6) is -0.905. The van der Waals surface area contributed by atoms with Crippen LogP contribution in [0.25, 0.3) is 0 Å². The van der Waals surface area contributed by atoms with Gasteiger partial charge in [-0.2, -0.15) is 30.6 Å². The van der Waals surface area contributed by atoms with E-state index in [1.165, 1.54) is 26.2 Å². The first-order valence-electron chi connectivity index (χ1n) is 5.67. The van der Waals surface area contributed by atoms with Gasteiger partial charge < -0.3 is 5.32 Å². The van der Waals surface area contributed by atoms with Crippen LogP contribution in [-0.2, 0) is 21.2 Å². The molecule has 6 nitrogen and oxygen atoms in total. The van der Waals surface area contributed by atoms with Gasteiger partial charge in [0.1, 0.15) is 0 Å². The molecule has 118 valence electrons. The van der Waals surface area contributed by atoms with Crippen molar-refractivity contribution in [1.82, 2.24) is 9.03 Å². The van der Waals surface area contributed by atoms with Gasteiger partial charge in [0.2, 0.25) is 5.91 Å². The van der Waals surface area contributed by atoms with Crippen molar-refractivity contribution in [3.05, 3.63) is 29.8 Å². The number of para-hydroxylation sites is 1. The minimum atomic E-state index is -4.62. The molecule has 0 aliphatic heterocycles. The van der Waals surface area contributed by atoms with Gasteiger partial charge in [-0.1, -0.05) is 12.1 Å². The highest BCUT2D eigenvalue weighted by Gasteiger charge is 2.33. The number of nitrogens with one attached hydrogen (secondary N) is 2. The Morgan fingerprint density at radius 2 is 1.81 bits per heavy atom. The fraction of sp³-hybridized carbons (Fsp3) is 0.364. The Bertz CT molecular complexity index is 615. The zero-order valence-corrected chi connectivity index (χ0v) is 12.0. The highest BCUT2D eigenvalue weighted by Crippen LogP contribution is 2.34. The molecule has 0 bridgehead atoms. The molecule has 0 aromatic heterocycles. The third kappa shape index (κ3) is 4.99. The molecule has 1 aromatic carbocycles. The molecule has 10 heteroatoms. The van der Waals surface area contributed by atoms with Crippen molar-refractivity contribution >= 4 is 21.8 Å². The van der Waals surface area contributed by atoms with Crippen molar-refractivity contribution in [2.24, 2.45) is 0 Å². The van der Waals surface area contributed by atoms with Gasteiger partial charge in [0.25, 0.3) is 10.2 Å². The minimum Gasteiger partial charge on any atom is -0.324 e. The molecule has 0 radical (unpaired) electrons. The van der Waals surface area contributed by atoms with E-state index in [0.29, 0.717) is 0 Å². The lowest BCUT2D eigenvalue weighted by Gasteiger charge is -2.15. The van der Waals surface area contributed by atoms with E-state index in [-0.39, 0.29) is 0 Å². The summed E-state index contributed by atoms with van der Waals surface area (Å²) < 4.78 is 63.6. The second-order valence-electron chi connectivity index (χ2n) is 4.20. The molecule has 0 saturated carbocycles. The maximum atomic E-state index is 12.7. The van der Waals surface area contributed by atoms with Crippen molar-refractivity contribution in [3.8, 4) is 0 Å². The Kier molecular flexibility index (Phi) is 5.31. The van der Waals surface area contributed by atoms with E-state index in [2.05, 4.69) is 0 Å². The Morgan fingerprint density at radius 1 is 1.24 bits per heavy atom. The molecule has 0 atom stereocenters. The Morgan fingerprint density at radius 3 is 2.33 bits per heavy atom. The largest absolute Gasteiger partial charge is 0.418 e. The second kappa shape index (κ2) is 6.41. The van der Waals surface area contributed by atoms with Crippen LogP contribution in [0.15, 0.2) is 24.3 Å². The fourth-order valence-corrected chi connectivity index (χ4v) is 1.89. The normalized spacial score (nSPS) is 12.5. The van der Waals surface area contributed by atoms with E-state index in [1.807, 2.05) is 10.0 Å². The van der Waals surface area contributed by atoms with Crippen LogP contribution in [0, 0.1) is 0 Å². The zero-order chi connectivity index (χ0) is 16.3. The number of benzene rings is 1. The van der Waals surface area contributed by atoms with Crippen molar-refractivity contribution in [2.45, 2.75) is 6.18 Å². The number of anilines is 1. The SMILES string of the molecule is CN(C)S(=O)(=O)NCC(=O)Nc1ccccc1C(F)(F)F. The number of amides is 1. The summed E-state index contributed by atoms with van der Waals surface area (Å²) in [6, 6.07) is 4.42. The molecule has 0 unspecified atom stereocenters. The Balaban J connectivity index is 2.77. The Labute approximate surface area is 120 Å². The van der Waals surface area contributed by atoms with Crippen LogP contribution in [0.1, 0.15) is 5.56 Å². The molecule has 1 aromatic rings. The summed E-state index contributed by atoms with van der Waals surface area (Å²) in [5.41, 5.74) is -1.44. The fourth-order valence-electron chi connectivity index (χ4n) is 1.32. The molecular weight excluding hydrogens is 311 g/mol. The number of hydrogen-bond donors (Lipinski definition) is 2. The van der Waals surface area contributed by atoms with E-state index in [4.69, 9.17) is 0 Å². The van der Waals surface area contributed by atoms with Crippen molar-refractivity contribution in [1.29, 1.82) is 0 Å². The van der Waals surface area contributed by atoms with Gasteiger partial charge in [0.15, 0.2) is 0 Å². The number of carbonyl (C=O) groups is 1. The van der Waals surface area contributed by atoms with Crippen molar-refractivity contribution in [2.75, 3.05) is 26.0 Å². The summed E-state index contributed by atoms with van der Waals surface area (Å²) in [4.78, 5) is 11.5.